The summed E-state index contributed by atoms with van der Waals surface area (Å²) in [5, 5.41) is 5.12. The molecule has 1 aliphatic rings. The van der Waals surface area contributed by atoms with Gasteiger partial charge >= 0.3 is 0 Å². The number of thioether (sulfide) groups is 1. The first-order valence-corrected chi connectivity index (χ1v) is 10.3. The van der Waals surface area contributed by atoms with Crippen LogP contribution in [0.5, 0.6) is 11.5 Å². The van der Waals surface area contributed by atoms with Crippen LogP contribution in [-0.4, -0.2) is 26.5 Å². The Bertz CT molecular complexity index is 1350. The summed E-state index contributed by atoms with van der Waals surface area (Å²) >= 11 is 1.36. The number of aryl methyl sites for hydroxylation is 2. The second-order valence-corrected chi connectivity index (χ2v) is 8.02. The standard InChI is InChI=1S/C21H18N4O4S/c1-11-4-5-13(6-12(11)2)19-23-18(29-24-19)9-30-21-22-15-8-17-16(27-10-28-17)7-14(15)20(26)25(21)3/h4-8H,9-10H2,1-3H3. The van der Waals surface area contributed by atoms with E-state index in [1.165, 1.54) is 27.5 Å². The van der Waals surface area contributed by atoms with Crippen molar-refractivity contribution in [3.05, 3.63) is 57.7 Å². The molecule has 0 saturated carbocycles. The predicted octanol–water partition coefficient (Wildman–Crippen LogP) is 3.62. The quantitative estimate of drug-likeness (QED) is 0.364. The predicted molar refractivity (Wildman–Crippen MR) is 112 cm³/mol. The van der Waals surface area contributed by atoms with Crippen molar-refractivity contribution < 1.29 is 14.0 Å². The van der Waals surface area contributed by atoms with Gasteiger partial charge in [0.1, 0.15) is 0 Å². The summed E-state index contributed by atoms with van der Waals surface area (Å²) in [4.78, 5) is 21.9. The van der Waals surface area contributed by atoms with Crippen LogP contribution in [-0.2, 0) is 12.8 Å². The number of aromatic nitrogens is 4. The molecule has 8 nitrogen and oxygen atoms in total. The van der Waals surface area contributed by atoms with Gasteiger partial charge < -0.3 is 14.0 Å². The maximum absolute atomic E-state index is 12.8. The van der Waals surface area contributed by atoms with Crippen LogP contribution in [0.1, 0.15) is 17.0 Å². The fraction of sp³-hybridized carbons (Fsp3) is 0.238. The number of fused-ring (bicyclic) bond motifs is 2. The molecule has 0 N–H and O–H groups in total. The van der Waals surface area contributed by atoms with Gasteiger partial charge in [0.25, 0.3) is 5.56 Å². The molecule has 0 bridgehead atoms. The molecular weight excluding hydrogens is 404 g/mol. The highest BCUT2D eigenvalue weighted by molar-refractivity contribution is 7.98. The fourth-order valence-corrected chi connectivity index (χ4v) is 4.02. The maximum atomic E-state index is 12.8. The maximum Gasteiger partial charge on any atom is 0.261 e. The highest BCUT2D eigenvalue weighted by Gasteiger charge is 2.19. The Labute approximate surface area is 175 Å². The van der Waals surface area contributed by atoms with Crippen molar-refractivity contribution in [3.8, 4) is 22.9 Å². The summed E-state index contributed by atoms with van der Waals surface area (Å²) in [6, 6.07) is 9.46. The molecule has 0 unspecified atom stereocenters. The molecule has 0 amide bonds. The number of rotatable bonds is 4. The average molecular weight is 422 g/mol. The van der Waals surface area contributed by atoms with Gasteiger partial charge in [-0.3, -0.25) is 9.36 Å². The highest BCUT2D eigenvalue weighted by atomic mass is 32.2. The first-order chi connectivity index (χ1) is 14.5. The zero-order chi connectivity index (χ0) is 20.8. The summed E-state index contributed by atoms with van der Waals surface area (Å²) in [6.45, 7) is 4.26. The third kappa shape index (κ3) is 3.21. The number of hydrogen-bond donors (Lipinski definition) is 0. The van der Waals surface area contributed by atoms with Gasteiger partial charge in [0, 0.05) is 18.7 Å². The highest BCUT2D eigenvalue weighted by Crippen LogP contribution is 2.35. The molecule has 2 aromatic heterocycles. The summed E-state index contributed by atoms with van der Waals surface area (Å²) in [7, 11) is 1.69. The molecule has 0 fully saturated rings. The fourth-order valence-electron chi connectivity index (χ4n) is 3.21. The van der Waals surface area contributed by atoms with Crippen molar-refractivity contribution >= 4 is 22.7 Å². The van der Waals surface area contributed by atoms with Crippen LogP contribution in [0.2, 0.25) is 0 Å². The van der Waals surface area contributed by atoms with Gasteiger partial charge in [0.2, 0.25) is 18.5 Å². The molecule has 3 heterocycles. The lowest BCUT2D eigenvalue weighted by Crippen LogP contribution is -2.20. The lowest BCUT2D eigenvalue weighted by atomic mass is 10.1. The third-order valence-electron chi connectivity index (χ3n) is 5.09. The molecule has 0 aliphatic carbocycles. The molecule has 5 rings (SSSR count). The van der Waals surface area contributed by atoms with E-state index in [2.05, 4.69) is 22.0 Å². The first-order valence-electron chi connectivity index (χ1n) is 9.33. The zero-order valence-electron chi connectivity index (χ0n) is 16.6. The Morgan fingerprint density at radius 1 is 1.07 bits per heavy atom. The Balaban J connectivity index is 1.41. The van der Waals surface area contributed by atoms with Crippen molar-refractivity contribution in [2.24, 2.45) is 7.05 Å². The Morgan fingerprint density at radius 3 is 2.67 bits per heavy atom. The van der Waals surface area contributed by atoms with Crippen molar-refractivity contribution in [1.82, 2.24) is 19.7 Å². The smallest absolute Gasteiger partial charge is 0.261 e. The van der Waals surface area contributed by atoms with E-state index in [4.69, 9.17) is 14.0 Å². The summed E-state index contributed by atoms with van der Waals surface area (Å²) in [5.74, 6) is 2.56. The van der Waals surface area contributed by atoms with E-state index in [9.17, 15) is 4.79 Å². The molecule has 4 aromatic rings. The van der Waals surface area contributed by atoms with Crippen molar-refractivity contribution in [3.63, 3.8) is 0 Å². The summed E-state index contributed by atoms with van der Waals surface area (Å²) < 4.78 is 17.7. The van der Waals surface area contributed by atoms with Gasteiger partial charge in [0.15, 0.2) is 16.7 Å². The van der Waals surface area contributed by atoms with Crippen LogP contribution >= 0.6 is 11.8 Å². The van der Waals surface area contributed by atoms with Crippen molar-refractivity contribution in [2.45, 2.75) is 24.8 Å². The van der Waals surface area contributed by atoms with Crippen LogP contribution in [0.15, 0.2) is 44.8 Å². The number of ether oxygens (including phenoxy) is 2. The van der Waals surface area contributed by atoms with E-state index < -0.39 is 0 Å². The molecule has 152 valence electrons. The van der Waals surface area contributed by atoms with Crippen LogP contribution in [0.3, 0.4) is 0 Å². The molecule has 2 aromatic carbocycles. The van der Waals surface area contributed by atoms with E-state index in [1.807, 2.05) is 25.1 Å². The van der Waals surface area contributed by atoms with Crippen LogP contribution in [0, 0.1) is 13.8 Å². The molecule has 0 spiro atoms. The molecule has 0 saturated heterocycles. The monoisotopic (exact) mass is 422 g/mol. The van der Waals surface area contributed by atoms with E-state index in [0.29, 0.717) is 45.0 Å². The Kier molecular flexibility index (Phi) is 4.47. The lowest BCUT2D eigenvalue weighted by molar-refractivity contribution is 0.174. The lowest BCUT2D eigenvalue weighted by Gasteiger charge is -2.08. The van der Waals surface area contributed by atoms with Crippen LogP contribution in [0.25, 0.3) is 22.3 Å². The molecular formula is C21H18N4O4S. The summed E-state index contributed by atoms with van der Waals surface area (Å²) in [6.07, 6.45) is 0. The first kappa shape index (κ1) is 18.7. The van der Waals surface area contributed by atoms with Crippen molar-refractivity contribution in [1.29, 1.82) is 0 Å². The second kappa shape index (κ2) is 7.17. The Hall–Kier alpha value is -3.33. The molecule has 0 atom stereocenters. The van der Waals surface area contributed by atoms with E-state index in [0.717, 1.165) is 5.56 Å². The largest absolute Gasteiger partial charge is 0.454 e. The minimum Gasteiger partial charge on any atom is -0.454 e. The molecule has 9 heteroatoms. The molecule has 30 heavy (non-hydrogen) atoms. The summed E-state index contributed by atoms with van der Waals surface area (Å²) in [5.41, 5.74) is 3.70. The SMILES string of the molecule is Cc1ccc(-c2noc(CSc3nc4cc5c(cc4c(=O)n3C)OCO5)n2)cc1C. The van der Waals surface area contributed by atoms with E-state index in [1.54, 1.807) is 19.2 Å². The third-order valence-corrected chi connectivity index (χ3v) is 6.10. The van der Waals surface area contributed by atoms with Gasteiger partial charge in [-0.05, 0) is 37.1 Å². The Morgan fingerprint density at radius 2 is 1.87 bits per heavy atom. The van der Waals surface area contributed by atoms with Gasteiger partial charge in [-0.15, -0.1) is 0 Å². The van der Waals surface area contributed by atoms with Crippen LogP contribution in [0.4, 0.5) is 0 Å². The topological polar surface area (TPSA) is 92.3 Å². The number of nitrogens with zero attached hydrogens (tertiary/aromatic N) is 4. The van der Waals surface area contributed by atoms with E-state index in [-0.39, 0.29) is 12.4 Å². The number of hydrogen-bond acceptors (Lipinski definition) is 8. The normalized spacial score (nSPS) is 12.6. The van der Waals surface area contributed by atoms with Gasteiger partial charge in [-0.2, -0.15) is 4.98 Å². The molecule has 1 aliphatic heterocycles. The van der Waals surface area contributed by atoms with Gasteiger partial charge in [-0.25, -0.2) is 4.98 Å². The minimum atomic E-state index is -0.151. The minimum absolute atomic E-state index is 0.146. The second-order valence-electron chi connectivity index (χ2n) is 7.08. The number of benzene rings is 2. The van der Waals surface area contributed by atoms with E-state index >= 15 is 0 Å². The molecule has 0 radical (unpaired) electrons. The van der Waals surface area contributed by atoms with Crippen LogP contribution < -0.4 is 15.0 Å². The van der Waals surface area contributed by atoms with Crippen molar-refractivity contribution in [2.75, 3.05) is 6.79 Å². The average Bonchev–Trinajstić information content (AvgIpc) is 3.39. The zero-order valence-corrected chi connectivity index (χ0v) is 17.4. The van der Waals surface area contributed by atoms with Gasteiger partial charge in [-0.1, -0.05) is 29.1 Å². The van der Waals surface area contributed by atoms with Gasteiger partial charge in [0.05, 0.1) is 16.7 Å².